The zero-order valence-electron chi connectivity index (χ0n) is 11.6. The van der Waals surface area contributed by atoms with E-state index in [1.165, 1.54) is 25.0 Å². The summed E-state index contributed by atoms with van der Waals surface area (Å²) in [6.07, 6.45) is 3.18. The van der Waals surface area contributed by atoms with Crippen LogP contribution in [0.4, 0.5) is 4.39 Å². The Bertz CT molecular complexity index is 591. The van der Waals surface area contributed by atoms with Gasteiger partial charge in [0.15, 0.2) is 0 Å². The lowest BCUT2D eigenvalue weighted by Crippen LogP contribution is -2.17. The summed E-state index contributed by atoms with van der Waals surface area (Å²) in [4.78, 5) is 9.05. The van der Waals surface area contributed by atoms with Gasteiger partial charge in [-0.3, -0.25) is 0 Å². The van der Waals surface area contributed by atoms with Crippen molar-refractivity contribution in [1.29, 1.82) is 0 Å². The van der Waals surface area contributed by atoms with E-state index in [0.29, 0.717) is 12.5 Å². The average Bonchev–Trinajstić information content (AvgIpc) is 3.23. The Morgan fingerprint density at radius 2 is 1.95 bits per heavy atom. The fraction of sp³-hybridized carbons (Fsp3) is 0.375. The van der Waals surface area contributed by atoms with Gasteiger partial charge in [0, 0.05) is 24.7 Å². The molecule has 3 nitrogen and oxygen atoms in total. The number of rotatable bonds is 5. The van der Waals surface area contributed by atoms with Crippen molar-refractivity contribution >= 4 is 0 Å². The molecule has 0 aliphatic heterocycles. The van der Waals surface area contributed by atoms with Gasteiger partial charge in [-0.1, -0.05) is 12.1 Å². The molecule has 1 aromatic heterocycles. The Labute approximate surface area is 118 Å². The van der Waals surface area contributed by atoms with E-state index >= 15 is 0 Å². The lowest BCUT2D eigenvalue weighted by atomic mass is 10.1. The highest BCUT2D eigenvalue weighted by Gasteiger charge is 2.20. The molecule has 1 heterocycles. The minimum absolute atomic E-state index is 0.215. The quantitative estimate of drug-likeness (QED) is 0.908. The number of hydrogen-bond donors (Lipinski definition) is 1. The third-order valence-corrected chi connectivity index (χ3v) is 3.38. The van der Waals surface area contributed by atoms with Gasteiger partial charge in [-0.25, -0.2) is 14.4 Å². The van der Waals surface area contributed by atoms with Gasteiger partial charge in [0.05, 0.1) is 5.69 Å². The minimum atomic E-state index is -0.215. The molecule has 104 valence electrons. The molecule has 0 spiro atoms. The van der Waals surface area contributed by atoms with Crippen LogP contribution in [0.2, 0.25) is 0 Å². The first kappa shape index (κ1) is 13.2. The maximum Gasteiger partial charge on any atom is 0.133 e. The smallest absolute Gasteiger partial charge is 0.133 e. The van der Waals surface area contributed by atoms with Crippen LogP contribution in [0.1, 0.15) is 35.6 Å². The number of nitrogens with zero attached hydrogens (tertiary/aromatic N) is 2. The number of aryl methyl sites for hydroxylation is 1. The molecule has 0 bridgehead atoms. The first-order valence-corrected chi connectivity index (χ1v) is 7.00. The zero-order valence-corrected chi connectivity index (χ0v) is 11.6. The maximum absolute atomic E-state index is 12.9. The van der Waals surface area contributed by atoms with E-state index in [4.69, 9.17) is 0 Å². The van der Waals surface area contributed by atoms with Gasteiger partial charge in [-0.2, -0.15) is 0 Å². The first-order valence-electron chi connectivity index (χ1n) is 7.00. The van der Waals surface area contributed by atoms with Crippen molar-refractivity contribution in [2.45, 2.75) is 38.8 Å². The average molecular weight is 271 g/mol. The number of halogens is 1. The van der Waals surface area contributed by atoms with Crippen LogP contribution in [0.5, 0.6) is 0 Å². The van der Waals surface area contributed by atoms with Gasteiger partial charge < -0.3 is 5.32 Å². The second-order valence-corrected chi connectivity index (χ2v) is 5.38. The van der Waals surface area contributed by atoms with E-state index in [0.717, 1.165) is 29.3 Å². The molecule has 1 fully saturated rings. The molecule has 1 saturated carbocycles. The Hall–Kier alpha value is -1.81. The van der Waals surface area contributed by atoms with E-state index in [2.05, 4.69) is 15.3 Å². The molecule has 0 radical (unpaired) electrons. The highest BCUT2D eigenvalue weighted by atomic mass is 19.1. The predicted molar refractivity (Wildman–Crippen MR) is 75.8 cm³/mol. The van der Waals surface area contributed by atoms with Gasteiger partial charge in [-0.05, 0) is 43.5 Å². The SMILES string of the molecule is Cc1cc(CNC2CC2)nc(Cc2ccc(F)cc2)n1. The highest BCUT2D eigenvalue weighted by Crippen LogP contribution is 2.19. The molecule has 1 aromatic carbocycles. The summed E-state index contributed by atoms with van der Waals surface area (Å²) < 4.78 is 12.9. The van der Waals surface area contributed by atoms with Crippen LogP contribution >= 0.6 is 0 Å². The van der Waals surface area contributed by atoms with Gasteiger partial charge in [0.1, 0.15) is 11.6 Å². The molecule has 1 aliphatic rings. The second kappa shape index (κ2) is 5.67. The number of hydrogen-bond acceptors (Lipinski definition) is 3. The van der Waals surface area contributed by atoms with Gasteiger partial charge in [-0.15, -0.1) is 0 Å². The molecule has 3 rings (SSSR count). The molecular formula is C16H18FN3. The van der Waals surface area contributed by atoms with Crippen LogP contribution in [0.15, 0.2) is 30.3 Å². The molecule has 1 aliphatic carbocycles. The summed E-state index contributed by atoms with van der Waals surface area (Å²) in [5.74, 6) is 0.581. The van der Waals surface area contributed by atoms with Gasteiger partial charge in [0.25, 0.3) is 0 Å². The van der Waals surface area contributed by atoms with Crippen LogP contribution in [0, 0.1) is 12.7 Å². The van der Waals surface area contributed by atoms with E-state index in [1.807, 2.05) is 13.0 Å². The van der Waals surface area contributed by atoms with Crippen molar-refractivity contribution in [2.24, 2.45) is 0 Å². The molecule has 1 N–H and O–H groups in total. The Morgan fingerprint density at radius 3 is 2.65 bits per heavy atom. The van der Waals surface area contributed by atoms with Crippen molar-refractivity contribution in [3.05, 3.63) is 58.9 Å². The van der Waals surface area contributed by atoms with Crippen molar-refractivity contribution in [3.63, 3.8) is 0 Å². The normalized spacial score (nSPS) is 14.5. The molecular weight excluding hydrogens is 253 g/mol. The number of aromatic nitrogens is 2. The summed E-state index contributed by atoms with van der Waals surface area (Å²) >= 11 is 0. The fourth-order valence-corrected chi connectivity index (χ4v) is 2.19. The molecule has 2 aromatic rings. The molecule has 0 saturated heterocycles. The molecule has 4 heteroatoms. The summed E-state index contributed by atoms with van der Waals surface area (Å²) in [7, 11) is 0. The zero-order chi connectivity index (χ0) is 13.9. The third-order valence-electron chi connectivity index (χ3n) is 3.38. The topological polar surface area (TPSA) is 37.8 Å². The summed E-state index contributed by atoms with van der Waals surface area (Å²) in [5.41, 5.74) is 3.03. The van der Waals surface area contributed by atoms with E-state index in [9.17, 15) is 4.39 Å². The lowest BCUT2D eigenvalue weighted by Gasteiger charge is -2.07. The highest BCUT2D eigenvalue weighted by molar-refractivity contribution is 5.21. The molecule has 0 amide bonds. The van der Waals surface area contributed by atoms with E-state index < -0.39 is 0 Å². The largest absolute Gasteiger partial charge is 0.308 e. The van der Waals surface area contributed by atoms with Crippen LogP contribution in [-0.4, -0.2) is 16.0 Å². The Balaban J connectivity index is 1.72. The Kier molecular flexibility index (Phi) is 3.74. The van der Waals surface area contributed by atoms with Crippen molar-refractivity contribution in [2.75, 3.05) is 0 Å². The number of nitrogens with one attached hydrogen (secondary N) is 1. The summed E-state index contributed by atoms with van der Waals surface area (Å²) in [6, 6.07) is 9.20. The molecule has 0 atom stereocenters. The minimum Gasteiger partial charge on any atom is -0.308 e. The monoisotopic (exact) mass is 271 g/mol. The lowest BCUT2D eigenvalue weighted by molar-refractivity contribution is 0.627. The fourth-order valence-electron chi connectivity index (χ4n) is 2.19. The van der Waals surface area contributed by atoms with Crippen molar-refractivity contribution in [3.8, 4) is 0 Å². The van der Waals surface area contributed by atoms with E-state index in [-0.39, 0.29) is 5.82 Å². The van der Waals surface area contributed by atoms with E-state index in [1.54, 1.807) is 12.1 Å². The molecule has 20 heavy (non-hydrogen) atoms. The van der Waals surface area contributed by atoms with Gasteiger partial charge in [0.2, 0.25) is 0 Å². The maximum atomic E-state index is 12.9. The van der Waals surface area contributed by atoms with Crippen LogP contribution in [0.25, 0.3) is 0 Å². The van der Waals surface area contributed by atoms with Crippen LogP contribution in [-0.2, 0) is 13.0 Å². The van der Waals surface area contributed by atoms with Gasteiger partial charge >= 0.3 is 0 Å². The Morgan fingerprint density at radius 1 is 1.20 bits per heavy atom. The number of benzene rings is 1. The summed E-state index contributed by atoms with van der Waals surface area (Å²) in [5, 5.41) is 3.46. The predicted octanol–water partition coefficient (Wildman–Crippen LogP) is 2.77. The van der Waals surface area contributed by atoms with Crippen molar-refractivity contribution < 1.29 is 4.39 Å². The van der Waals surface area contributed by atoms with Crippen molar-refractivity contribution in [1.82, 2.24) is 15.3 Å². The first-order chi connectivity index (χ1) is 9.69. The third kappa shape index (κ3) is 3.61. The molecule has 0 unspecified atom stereocenters. The second-order valence-electron chi connectivity index (χ2n) is 5.38. The van der Waals surface area contributed by atoms with Crippen LogP contribution in [0.3, 0.4) is 0 Å². The standard InChI is InChI=1S/C16H18FN3/c1-11-8-15(10-18-14-6-7-14)20-16(19-11)9-12-2-4-13(17)5-3-12/h2-5,8,14,18H,6-7,9-10H2,1H3. The summed E-state index contributed by atoms with van der Waals surface area (Å²) in [6.45, 7) is 2.78. The van der Waals surface area contributed by atoms with Crippen LogP contribution < -0.4 is 5.32 Å².